The maximum atomic E-state index is 12.0. The molecule has 2 rings (SSSR count). The normalized spacial score (nSPS) is 11.2. The summed E-state index contributed by atoms with van der Waals surface area (Å²) in [6.45, 7) is 3.77. The number of nitrogens with zero attached hydrogens (tertiary/aromatic N) is 2. The van der Waals surface area contributed by atoms with Crippen LogP contribution in [0, 0.1) is 6.92 Å². The number of rotatable bonds is 1. The second kappa shape index (κ2) is 3.37. The molecule has 0 amide bonds. The summed E-state index contributed by atoms with van der Waals surface area (Å²) in [4.78, 5) is 23.7. The third-order valence-electron chi connectivity index (χ3n) is 2.94. The Morgan fingerprint density at radius 2 is 1.81 bits per heavy atom. The van der Waals surface area contributed by atoms with Gasteiger partial charge in [-0.25, -0.2) is 4.79 Å². The van der Waals surface area contributed by atoms with E-state index in [1.54, 1.807) is 7.05 Å². The first kappa shape index (κ1) is 10.7. The number of fused-ring (bicyclic) bond motifs is 1. The van der Waals surface area contributed by atoms with Gasteiger partial charge in [-0.05, 0) is 13.3 Å². The molecule has 0 saturated carbocycles. The highest BCUT2D eigenvalue weighted by molar-refractivity contribution is 5.78. The summed E-state index contributed by atoms with van der Waals surface area (Å²) in [6.07, 6.45) is 0.715. The van der Waals surface area contributed by atoms with Gasteiger partial charge in [0.15, 0.2) is 0 Å². The van der Waals surface area contributed by atoms with E-state index in [0.29, 0.717) is 23.3 Å². The van der Waals surface area contributed by atoms with E-state index in [1.807, 2.05) is 13.8 Å². The molecule has 0 aliphatic heterocycles. The highest BCUT2D eigenvalue weighted by atomic mass is 16.3. The Hall–Kier alpha value is -1.78. The fourth-order valence-corrected chi connectivity index (χ4v) is 2.01. The van der Waals surface area contributed by atoms with E-state index < -0.39 is 0 Å². The van der Waals surface area contributed by atoms with E-state index in [2.05, 4.69) is 0 Å². The molecule has 5 heteroatoms. The topological polar surface area (TPSA) is 57.1 Å². The molecular weight excluding hydrogens is 208 g/mol. The standard InChI is InChI=1S/C11H14N2O3/c1-5-7-6(2)16-10-8(7)9(14)12(3)11(15)13(10)4/h5H2,1-4H3. The van der Waals surface area contributed by atoms with E-state index in [1.165, 1.54) is 11.6 Å². The van der Waals surface area contributed by atoms with Crippen molar-refractivity contribution in [3.63, 3.8) is 0 Å². The fraction of sp³-hybridized carbons (Fsp3) is 0.455. The Morgan fingerprint density at radius 3 is 2.38 bits per heavy atom. The van der Waals surface area contributed by atoms with Gasteiger partial charge in [0.1, 0.15) is 11.1 Å². The monoisotopic (exact) mass is 222 g/mol. The first-order valence-electron chi connectivity index (χ1n) is 5.17. The van der Waals surface area contributed by atoms with Crippen LogP contribution >= 0.6 is 0 Å². The van der Waals surface area contributed by atoms with Crippen LogP contribution in [0.15, 0.2) is 14.0 Å². The lowest BCUT2D eigenvalue weighted by Crippen LogP contribution is -2.36. The van der Waals surface area contributed by atoms with Crippen LogP contribution in [0.5, 0.6) is 0 Å². The number of aryl methyl sites for hydroxylation is 3. The van der Waals surface area contributed by atoms with Crippen LogP contribution in [-0.2, 0) is 20.5 Å². The molecule has 0 aromatic carbocycles. The molecule has 2 heterocycles. The zero-order valence-electron chi connectivity index (χ0n) is 9.83. The van der Waals surface area contributed by atoms with Crippen molar-refractivity contribution in [2.75, 3.05) is 0 Å². The van der Waals surface area contributed by atoms with Gasteiger partial charge in [-0.2, -0.15) is 0 Å². The van der Waals surface area contributed by atoms with Crippen molar-refractivity contribution >= 4 is 11.1 Å². The molecule has 16 heavy (non-hydrogen) atoms. The quantitative estimate of drug-likeness (QED) is 0.713. The van der Waals surface area contributed by atoms with Crippen molar-refractivity contribution < 1.29 is 4.42 Å². The molecule has 0 spiro atoms. The Bertz CT molecular complexity index is 673. The van der Waals surface area contributed by atoms with Gasteiger partial charge < -0.3 is 4.42 Å². The summed E-state index contributed by atoms with van der Waals surface area (Å²) in [5.74, 6) is 0.704. The van der Waals surface area contributed by atoms with Crippen LogP contribution in [0.2, 0.25) is 0 Å². The molecule has 2 aromatic heterocycles. The Balaban J connectivity index is 3.15. The molecule has 0 bridgehead atoms. The summed E-state index contributed by atoms with van der Waals surface area (Å²) in [6, 6.07) is 0. The largest absolute Gasteiger partial charge is 0.444 e. The van der Waals surface area contributed by atoms with E-state index in [4.69, 9.17) is 4.42 Å². The van der Waals surface area contributed by atoms with E-state index in [9.17, 15) is 9.59 Å². The van der Waals surface area contributed by atoms with E-state index in [-0.39, 0.29) is 11.2 Å². The fourth-order valence-electron chi connectivity index (χ4n) is 2.01. The molecule has 0 saturated heterocycles. The summed E-state index contributed by atoms with van der Waals surface area (Å²) in [7, 11) is 3.08. The van der Waals surface area contributed by atoms with Crippen molar-refractivity contribution in [3.05, 3.63) is 32.2 Å². The third-order valence-corrected chi connectivity index (χ3v) is 2.94. The van der Waals surface area contributed by atoms with Crippen LogP contribution in [0.25, 0.3) is 11.1 Å². The molecule has 5 nitrogen and oxygen atoms in total. The lowest BCUT2D eigenvalue weighted by molar-refractivity contribution is 0.534. The minimum atomic E-state index is -0.367. The highest BCUT2D eigenvalue weighted by Crippen LogP contribution is 2.21. The average Bonchev–Trinajstić information content (AvgIpc) is 2.60. The molecule has 0 fully saturated rings. The minimum Gasteiger partial charge on any atom is -0.444 e. The van der Waals surface area contributed by atoms with Gasteiger partial charge in [0.2, 0.25) is 5.71 Å². The predicted molar refractivity (Wildman–Crippen MR) is 60.8 cm³/mol. The van der Waals surface area contributed by atoms with Crippen molar-refractivity contribution in [3.8, 4) is 0 Å². The van der Waals surface area contributed by atoms with Gasteiger partial charge in [0, 0.05) is 19.7 Å². The lowest BCUT2D eigenvalue weighted by atomic mass is 10.1. The highest BCUT2D eigenvalue weighted by Gasteiger charge is 2.17. The van der Waals surface area contributed by atoms with Gasteiger partial charge in [-0.1, -0.05) is 6.92 Å². The minimum absolute atomic E-state index is 0.285. The lowest BCUT2D eigenvalue weighted by Gasteiger charge is -2.02. The molecule has 0 aliphatic carbocycles. The molecular formula is C11H14N2O3. The van der Waals surface area contributed by atoms with Gasteiger partial charge in [-0.3, -0.25) is 13.9 Å². The average molecular weight is 222 g/mol. The van der Waals surface area contributed by atoms with Crippen molar-refractivity contribution in [2.45, 2.75) is 20.3 Å². The van der Waals surface area contributed by atoms with Crippen molar-refractivity contribution in [2.24, 2.45) is 14.1 Å². The second-order valence-electron chi connectivity index (χ2n) is 3.88. The zero-order valence-corrected chi connectivity index (χ0v) is 9.83. The second-order valence-corrected chi connectivity index (χ2v) is 3.88. The SMILES string of the molecule is CCc1c(C)oc2c1c(=O)n(C)c(=O)n2C. The number of hydrogen-bond acceptors (Lipinski definition) is 3. The van der Waals surface area contributed by atoms with E-state index in [0.717, 1.165) is 10.1 Å². The van der Waals surface area contributed by atoms with Gasteiger partial charge in [0.05, 0.1) is 0 Å². The van der Waals surface area contributed by atoms with Gasteiger partial charge in [0.25, 0.3) is 5.56 Å². The molecule has 0 atom stereocenters. The van der Waals surface area contributed by atoms with Crippen molar-refractivity contribution in [1.29, 1.82) is 0 Å². The summed E-state index contributed by atoms with van der Waals surface area (Å²) in [5, 5.41) is 0.518. The van der Waals surface area contributed by atoms with E-state index >= 15 is 0 Å². The Labute approximate surface area is 91.9 Å². The Kier molecular flexibility index (Phi) is 2.26. The summed E-state index contributed by atoms with van der Waals surface area (Å²) < 4.78 is 7.96. The van der Waals surface area contributed by atoms with Gasteiger partial charge in [-0.15, -0.1) is 0 Å². The van der Waals surface area contributed by atoms with Crippen LogP contribution in [0.1, 0.15) is 18.2 Å². The number of furan rings is 1. The maximum Gasteiger partial charge on any atom is 0.333 e. The molecule has 0 aliphatic rings. The molecule has 86 valence electrons. The first-order chi connectivity index (χ1) is 7.49. The zero-order chi connectivity index (χ0) is 12.0. The van der Waals surface area contributed by atoms with Crippen LogP contribution in [0.3, 0.4) is 0 Å². The van der Waals surface area contributed by atoms with Crippen molar-refractivity contribution in [1.82, 2.24) is 9.13 Å². The third kappa shape index (κ3) is 1.17. The summed E-state index contributed by atoms with van der Waals surface area (Å²) >= 11 is 0. The van der Waals surface area contributed by atoms with Gasteiger partial charge >= 0.3 is 5.69 Å². The number of aromatic nitrogens is 2. The molecule has 2 aromatic rings. The molecule has 0 radical (unpaired) electrons. The smallest absolute Gasteiger partial charge is 0.333 e. The van der Waals surface area contributed by atoms with Crippen LogP contribution in [-0.4, -0.2) is 9.13 Å². The predicted octanol–water partition coefficient (Wildman–Crippen LogP) is 0.701. The molecule has 0 unspecified atom stereocenters. The number of hydrogen-bond donors (Lipinski definition) is 0. The maximum absolute atomic E-state index is 12.0. The Morgan fingerprint density at radius 1 is 1.19 bits per heavy atom. The van der Waals surface area contributed by atoms with Crippen LogP contribution < -0.4 is 11.2 Å². The molecule has 0 N–H and O–H groups in total. The van der Waals surface area contributed by atoms with Crippen LogP contribution in [0.4, 0.5) is 0 Å². The summed E-state index contributed by atoms with van der Waals surface area (Å²) in [5.41, 5.74) is 0.592. The first-order valence-corrected chi connectivity index (χ1v) is 5.17.